The molecule has 3 heterocycles. The zero-order valence-electron chi connectivity index (χ0n) is 14.1. The predicted octanol–water partition coefficient (Wildman–Crippen LogP) is 2.76. The number of para-hydroxylation sites is 2. The Morgan fingerprint density at radius 2 is 1.73 bits per heavy atom. The molecule has 2 amide bonds. The molecule has 5 rings (SSSR count). The van der Waals surface area contributed by atoms with Gasteiger partial charge in [-0.25, -0.2) is 4.68 Å². The fourth-order valence-corrected chi connectivity index (χ4v) is 4.15. The van der Waals surface area contributed by atoms with Crippen molar-refractivity contribution >= 4 is 23.3 Å². The third-order valence-corrected chi connectivity index (χ3v) is 5.19. The van der Waals surface area contributed by atoms with Gasteiger partial charge in [-0.1, -0.05) is 36.4 Å². The van der Waals surface area contributed by atoms with Crippen LogP contribution in [0.4, 0.5) is 11.5 Å². The van der Waals surface area contributed by atoms with Crippen LogP contribution in [0.15, 0.2) is 54.6 Å². The molecular formula is C20H16N4O2. The largest absolute Gasteiger partial charge is 0.325 e. The quantitative estimate of drug-likeness (QED) is 0.713. The number of aryl methyl sites for hydroxylation is 1. The Bertz CT molecular complexity index is 1070. The second-order valence-corrected chi connectivity index (χ2v) is 6.69. The zero-order chi connectivity index (χ0) is 17.9. The topological polar surface area (TPSA) is 76.0 Å². The number of amides is 2. The molecule has 1 atom stereocenters. The van der Waals surface area contributed by atoms with Crippen LogP contribution >= 0.6 is 0 Å². The molecule has 2 aliphatic rings. The van der Waals surface area contributed by atoms with Crippen LogP contribution in [0.1, 0.15) is 23.2 Å². The van der Waals surface area contributed by atoms with Gasteiger partial charge in [0.15, 0.2) is 0 Å². The Hall–Kier alpha value is -3.41. The summed E-state index contributed by atoms with van der Waals surface area (Å²) in [5, 5.41) is 10.5. The highest BCUT2D eigenvalue weighted by Gasteiger charge is 2.55. The van der Waals surface area contributed by atoms with Gasteiger partial charge in [-0.05, 0) is 30.7 Å². The lowest BCUT2D eigenvalue weighted by atomic mass is 9.71. The molecule has 6 heteroatoms. The minimum Gasteiger partial charge on any atom is -0.325 e. The van der Waals surface area contributed by atoms with Crippen molar-refractivity contribution in [3.05, 3.63) is 71.4 Å². The van der Waals surface area contributed by atoms with Crippen LogP contribution in [0.25, 0.3) is 5.69 Å². The maximum Gasteiger partial charge on any atom is 0.240 e. The summed E-state index contributed by atoms with van der Waals surface area (Å²) in [6.07, 6.45) is 0.0736. The van der Waals surface area contributed by atoms with Crippen molar-refractivity contribution in [1.82, 2.24) is 9.78 Å². The molecule has 0 saturated carbocycles. The Morgan fingerprint density at radius 1 is 1.00 bits per heavy atom. The number of carbonyl (C=O) groups is 2. The van der Waals surface area contributed by atoms with Gasteiger partial charge in [0, 0.05) is 17.7 Å². The summed E-state index contributed by atoms with van der Waals surface area (Å²) < 4.78 is 1.71. The van der Waals surface area contributed by atoms with Gasteiger partial charge >= 0.3 is 0 Å². The van der Waals surface area contributed by atoms with E-state index in [1.165, 1.54) is 0 Å². The Balaban J connectivity index is 1.83. The Labute approximate surface area is 149 Å². The molecule has 0 fully saturated rings. The van der Waals surface area contributed by atoms with E-state index < -0.39 is 5.41 Å². The van der Waals surface area contributed by atoms with Gasteiger partial charge < -0.3 is 10.6 Å². The van der Waals surface area contributed by atoms with Gasteiger partial charge in [0.25, 0.3) is 0 Å². The maximum atomic E-state index is 13.1. The van der Waals surface area contributed by atoms with E-state index in [1.54, 1.807) is 4.68 Å². The molecule has 1 unspecified atom stereocenters. The lowest BCUT2D eigenvalue weighted by Crippen LogP contribution is -2.43. The summed E-state index contributed by atoms with van der Waals surface area (Å²) in [5.74, 6) is 0.198. The van der Waals surface area contributed by atoms with E-state index in [0.717, 1.165) is 28.2 Å². The molecule has 0 radical (unpaired) electrons. The van der Waals surface area contributed by atoms with Crippen molar-refractivity contribution < 1.29 is 9.59 Å². The van der Waals surface area contributed by atoms with E-state index in [0.29, 0.717) is 5.82 Å². The van der Waals surface area contributed by atoms with Gasteiger partial charge in [-0.3, -0.25) is 9.59 Å². The van der Waals surface area contributed by atoms with Crippen LogP contribution < -0.4 is 10.6 Å². The number of benzene rings is 2. The summed E-state index contributed by atoms with van der Waals surface area (Å²) in [7, 11) is 0. The van der Waals surface area contributed by atoms with E-state index in [9.17, 15) is 9.59 Å². The minimum absolute atomic E-state index is 0.0736. The number of rotatable bonds is 1. The van der Waals surface area contributed by atoms with Gasteiger partial charge in [-0.15, -0.1) is 0 Å². The van der Waals surface area contributed by atoms with Crippen LogP contribution in [-0.2, 0) is 15.0 Å². The number of nitrogens with zero attached hydrogens (tertiary/aromatic N) is 2. The van der Waals surface area contributed by atoms with Crippen molar-refractivity contribution in [3.8, 4) is 5.69 Å². The van der Waals surface area contributed by atoms with Crippen molar-refractivity contribution in [2.24, 2.45) is 0 Å². The fraction of sp³-hybridized carbons (Fsp3) is 0.150. The summed E-state index contributed by atoms with van der Waals surface area (Å²) in [6.45, 7) is 1.88. The third kappa shape index (κ3) is 1.78. The number of anilines is 2. The second-order valence-electron chi connectivity index (χ2n) is 6.69. The number of carbonyl (C=O) groups excluding carboxylic acids is 2. The molecule has 0 saturated heterocycles. The summed E-state index contributed by atoms with van der Waals surface area (Å²) in [6, 6.07) is 17.1. The monoisotopic (exact) mass is 344 g/mol. The van der Waals surface area contributed by atoms with Crippen LogP contribution in [-0.4, -0.2) is 21.6 Å². The molecule has 0 bridgehead atoms. The van der Waals surface area contributed by atoms with E-state index >= 15 is 0 Å². The lowest BCUT2D eigenvalue weighted by molar-refractivity contribution is -0.125. The lowest BCUT2D eigenvalue weighted by Gasteiger charge is -2.32. The highest BCUT2D eigenvalue weighted by molar-refractivity contribution is 6.14. The van der Waals surface area contributed by atoms with Crippen molar-refractivity contribution in [2.75, 3.05) is 10.6 Å². The number of hydrogen-bond acceptors (Lipinski definition) is 3. The van der Waals surface area contributed by atoms with E-state index in [-0.39, 0.29) is 18.2 Å². The first-order valence-corrected chi connectivity index (χ1v) is 8.47. The van der Waals surface area contributed by atoms with Crippen molar-refractivity contribution in [3.63, 3.8) is 0 Å². The molecule has 3 aromatic rings. The zero-order valence-corrected chi connectivity index (χ0v) is 14.1. The molecular weight excluding hydrogens is 328 g/mol. The fourth-order valence-electron chi connectivity index (χ4n) is 4.15. The normalized spacial score (nSPS) is 20.5. The molecule has 2 N–H and O–H groups in total. The van der Waals surface area contributed by atoms with E-state index in [2.05, 4.69) is 15.7 Å². The second kappa shape index (κ2) is 5.05. The maximum absolute atomic E-state index is 13.1. The number of nitrogens with one attached hydrogen (secondary N) is 2. The number of aromatic nitrogens is 2. The number of fused-ring (bicyclic) bond motifs is 4. The van der Waals surface area contributed by atoms with Gasteiger partial charge in [0.2, 0.25) is 11.8 Å². The van der Waals surface area contributed by atoms with Gasteiger partial charge in [0.05, 0.1) is 11.4 Å². The van der Waals surface area contributed by atoms with Crippen LogP contribution in [0, 0.1) is 6.92 Å². The average molecular weight is 344 g/mol. The Morgan fingerprint density at radius 3 is 2.54 bits per heavy atom. The molecule has 2 aromatic carbocycles. The minimum atomic E-state index is -1.04. The number of hydrogen-bond donors (Lipinski definition) is 2. The Kier molecular flexibility index (Phi) is 2.89. The summed E-state index contributed by atoms with van der Waals surface area (Å²) in [5.41, 5.74) is 2.88. The third-order valence-electron chi connectivity index (χ3n) is 5.19. The molecule has 128 valence electrons. The highest BCUT2D eigenvalue weighted by atomic mass is 16.2. The van der Waals surface area contributed by atoms with Crippen molar-refractivity contribution in [1.29, 1.82) is 0 Å². The molecule has 2 aliphatic heterocycles. The molecule has 0 aliphatic carbocycles. The van der Waals surface area contributed by atoms with Gasteiger partial charge in [0.1, 0.15) is 11.2 Å². The molecule has 1 aromatic heterocycles. The molecule has 1 spiro atoms. The predicted molar refractivity (Wildman–Crippen MR) is 97.4 cm³/mol. The van der Waals surface area contributed by atoms with Crippen molar-refractivity contribution in [2.45, 2.75) is 18.8 Å². The van der Waals surface area contributed by atoms with Crippen LogP contribution in [0.2, 0.25) is 0 Å². The first-order chi connectivity index (χ1) is 12.6. The van der Waals surface area contributed by atoms with E-state index in [1.807, 2.05) is 61.5 Å². The van der Waals surface area contributed by atoms with Crippen LogP contribution in [0.3, 0.4) is 0 Å². The smallest absolute Gasteiger partial charge is 0.240 e. The highest BCUT2D eigenvalue weighted by Crippen LogP contribution is 2.51. The summed E-state index contributed by atoms with van der Waals surface area (Å²) in [4.78, 5) is 25.7. The summed E-state index contributed by atoms with van der Waals surface area (Å²) >= 11 is 0. The molecule has 6 nitrogen and oxygen atoms in total. The SMILES string of the molecule is Cc1nn(-c2ccccc2)c2c1C1(CC(=O)N2)C(=O)Nc2ccccc21. The standard InChI is InChI=1S/C20H16N4O2/c1-12-17-18(24(23-12)13-7-3-2-4-8-13)22-16(25)11-20(17)14-9-5-6-10-15(14)21-19(20)26/h2-10H,11H2,1H3,(H,21,26)(H,22,25). The van der Waals surface area contributed by atoms with E-state index in [4.69, 9.17) is 0 Å². The van der Waals surface area contributed by atoms with Gasteiger partial charge in [-0.2, -0.15) is 5.10 Å². The average Bonchev–Trinajstić information content (AvgIpc) is 3.11. The first kappa shape index (κ1) is 14.9. The van der Waals surface area contributed by atoms with Crippen LogP contribution in [0.5, 0.6) is 0 Å². The molecule has 26 heavy (non-hydrogen) atoms. The first-order valence-electron chi connectivity index (χ1n) is 8.47.